The Labute approximate surface area is 105 Å². The minimum Gasteiger partial charge on any atom is -0.508 e. The summed E-state index contributed by atoms with van der Waals surface area (Å²) < 4.78 is 40.9. The van der Waals surface area contributed by atoms with Crippen molar-refractivity contribution in [3.8, 4) is 5.75 Å². The third kappa shape index (κ3) is 2.91. The van der Waals surface area contributed by atoms with Crippen molar-refractivity contribution in [3.63, 3.8) is 0 Å². The minimum atomic E-state index is -3.71. The van der Waals surface area contributed by atoms with Crippen LogP contribution in [0.2, 0.25) is 0 Å². The van der Waals surface area contributed by atoms with Gasteiger partial charge < -0.3 is 5.11 Å². The van der Waals surface area contributed by atoms with Gasteiger partial charge in [-0.15, -0.1) is 0 Å². The first-order valence-corrected chi connectivity index (χ1v) is 7.19. The van der Waals surface area contributed by atoms with E-state index in [1.54, 1.807) is 0 Å². The van der Waals surface area contributed by atoms with E-state index in [1.165, 1.54) is 16.4 Å². The molecule has 2 N–H and O–H groups in total. The first kappa shape index (κ1) is 13.1. The average Bonchev–Trinajstić information content (AvgIpc) is 2.34. The van der Waals surface area contributed by atoms with Gasteiger partial charge in [0.1, 0.15) is 5.75 Å². The van der Waals surface area contributed by atoms with E-state index >= 15 is 0 Å². The van der Waals surface area contributed by atoms with Crippen LogP contribution in [0.25, 0.3) is 0 Å². The van der Waals surface area contributed by atoms with Crippen molar-refractivity contribution < 1.29 is 17.9 Å². The highest BCUT2D eigenvalue weighted by atomic mass is 32.2. The summed E-state index contributed by atoms with van der Waals surface area (Å²) in [5.41, 5.74) is -0.154. The molecule has 1 fully saturated rings. The fourth-order valence-electron chi connectivity index (χ4n) is 1.90. The molecule has 0 amide bonds. The molecule has 5 nitrogen and oxygen atoms in total. The summed E-state index contributed by atoms with van der Waals surface area (Å²) in [5.74, 6) is -1.04. The lowest BCUT2D eigenvalue weighted by Gasteiger charge is -2.26. The Kier molecular flexibility index (Phi) is 3.72. The second kappa shape index (κ2) is 5.11. The highest BCUT2D eigenvalue weighted by Gasteiger charge is 2.24. The summed E-state index contributed by atoms with van der Waals surface area (Å²) in [6.45, 7) is 0.907. The topological polar surface area (TPSA) is 69.6 Å². The molecule has 1 aromatic rings. The molecule has 0 radical (unpaired) electrons. The van der Waals surface area contributed by atoms with E-state index in [0.29, 0.717) is 13.1 Å². The summed E-state index contributed by atoms with van der Waals surface area (Å²) in [6.07, 6.45) is 2.65. The first-order valence-electron chi connectivity index (χ1n) is 5.75. The van der Waals surface area contributed by atoms with Gasteiger partial charge in [-0.1, -0.05) is 6.42 Å². The van der Waals surface area contributed by atoms with Gasteiger partial charge >= 0.3 is 10.2 Å². The molecule has 0 saturated carbocycles. The van der Waals surface area contributed by atoms with Gasteiger partial charge in [-0.25, -0.2) is 4.39 Å². The number of phenols is 1. The molecule has 0 atom stereocenters. The van der Waals surface area contributed by atoms with E-state index < -0.39 is 16.0 Å². The van der Waals surface area contributed by atoms with Crippen molar-refractivity contribution in [2.45, 2.75) is 19.3 Å². The predicted octanol–water partition coefficient (Wildman–Crippen LogP) is 1.67. The Morgan fingerprint density at radius 3 is 2.50 bits per heavy atom. The Balaban J connectivity index is 2.16. The number of piperidine rings is 1. The SMILES string of the molecule is O=S(=O)(Nc1ccc(O)cc1F)N1CCCCC1. The zero-order valence-electron chi connectivity index (χ0n) is 9.76. The van der Waals surface area contributed by atoms with Crippen LogP contribution in [0.5, 0.6) is 5.75 Å². The molecule has 0 unspecified atom stereocenters. The average molecular weight is 274 g/mol. The third-order valence-corrected chi connectivity index (χ3v) is 4.37. The smallest absolute Gasteiger partial charge is 0.301 e. The summed E-state index contributed by atoms with van der Waals surface area (Å²) in [4.78, 5) is 0. The molecule has 1 aliphatic rings. The highest BCUT2D eigenvalue weighted by molar-refractivity contribution is 7.90. The summed E-state index contributed by atoms with van der Waals surface area (Å²) in [6, 6.07) is 3.30. The maximum Gasteiger partial charge on any atom is 0.301 e. The molecule has 1 heterocycles. The van der Waals surface area contributed by atoms with Crippen molar-refractivity contribution in [1.82, 2.24) is 4.31 Å². The molecule has 18 heavy (non-hydrogen) atoms. The van der Waals surface area contributed by atoms with Crippen LogP contribution in [0.1, 0.15) is 19.3 Å². The number of hydrogen-bond donors (Lipinski definition) is 2. The lowest BCUT2D eigenvalue weighted by molar-refractivity contribution is 0.349. The highest BCUT2D eigenvalue weighted by Crippen LogP contribution is 2.22. The molecular formula is C11H15FN2O3S. The number of phenolic OH excluding ortho intramolecular Hbond substituents is 1. The lowest BCUT2D eigenvalue weighted by atomic mass is 10.2. The minimum absolute atomic E-state index is 0.154. The van der Waals surface area contributed by atoms with Crippen molar-refractivity contribution in [1.29, 1.82) is 0 Å². The van der Waals surface area contributed by atoms with Crippen LogP contribution < -0.4 is 4.72 Å². The number of benzene rings is 1. The quantitative estimate of drug-likeness (QED) is 0.824. The number of aromatic hydroxyl groups is 1. The van der Waals surface area contributed by atoms with E-state index in [0.717, 1.165) is 25.3 Å². The van der Waals surface area contributed by atoms with Gasteiger partial charge in [-0.2, -0.15) is 12.7 Å². The maximum atomic E-state index is 13.4. The van der Waals surface area contributed by atoms with Crippen LogP contribution in [0.3, 0.4) is 0 Å². The molecule has 7 heteroatoms. The van der Waals surface area contributed by atoms with E-state index in [4.69, 9.17) is 5.11 Å². The van der Waals surface area contributed by atoms with Crippen LogP contribution in [-0.4, -0.2) is 30.9 Å². The Bertz CT molecular complexity index is 527. The summed E-state index contributed by atoms with van der Waals surface area (Å²) in [7, 11) is -3.71. The normalized spacial score (nSPS) is 17.6. The fraction of sp³-hybridized carbons (Fsp3) is 0.455. The van der Waals surface area contributed by atoms with Crippen molar-refractivity contribution in [3.05, 3.63) is 24.0 Å². The Hall–Kier alpha value is -1.34. The Morgan fingerprint density at radius 2 is 1.89 bits per heavy atom. The predicted molar refractivity (Wildman–Crippen MR) is 66.0 cm³/mol. The summed E-state index contributed by atoms with van der Waals surface area (Å²) >= 11 is 0. The van der Waals surface area contributed by atoms with E-state index in [9.17, 15) is 12.8 Å². The third-order valence-electron chi connectivity index (χ3n) is 2.85. The molecule has 0 aromatic heterocycles. The van der Waals surface area contributed by atoms with Gasteiger partial charge in [0.25, 0.3) is 0 Å². The monoisotopic (exact) mass is 274 g/mol. The first-order chi connectivity index (χ1) is 8.49. The molecule has 0 aliphatic carbocycles. The van der Waals surface area contributed by atoms with E-state index in [1.807, 2.05) is 0 Å². The lowest BCUT2D eigenvalue weighted by Crippen LogP contribution is -2.39. The van der Waals surface area contributed by atoms with Gasteiger partial charge in [0.15, 0.2) is 5.82 Å². The van der Waals surface area contributed by atoms with E-state index in [2.05, 4.69) is 4.72 Å². The maximum absolute atomic E-state index is 13.4. The number of anilines is 1. The van der Waals surface area contributed by atoms with Crippen LogP contribution in [0.4, 0.5) is 10.1 Å². The van der Waals surface area contributed by atoms with Crippen LogP contribution in [0.15, 0.2) is 18.2 Å². The largest absolute Gasteiger partial charge is 0.508 e. The number of nitrogens with zero attached hydrogens (tertiary/aromatic N) is 1. The van der Waals surface area contributed by atoms with Gasteiger partial charge in [0.05, 0.1) is 5.69 Å². The zero-order chi connectivity index (χ0) is 13.2. The molecule has 1 aromatic carbocycles. The number of nitrogens with one attached hydrogen (secondary N) is 1. The molecule has 1 saturated heterocycles. The number of hydrogen-bond acceptors (Lipinski definition) is 3. The van der Waals surface area contributed by atoms with Crippen molar-refractivity contribution in [2.24, 2.45) is 0 Å². The fourth-order valence-corrected chi connectivity index (χ4v) is 3.21. The van der Waals surface area contributed by atoms with Crippen molar-refractivity contribution >= 4 is 15.9 Å². The summed E-state index contributed by atoms with van der Waals surface area (Å²) in [5, 5.41) is 9.06. The van der Waals surface area contributed by atoms with Crippen LogP contribution in [-0.2, 0) is 10.2 Å². The second-order valence-corrected chi connectivity index (χ2v) is 5.90. The van der Waals surface area contributed by atoms with Crippen LogP contribution in [0, 0.1) is 5.82 Å². The van der Waals surface area contributed by atoms with Crippen LogP contribution >= 0.6 is 0 Å². The number of halogens is 1. The van der Waals surface area contributed by atoms with Gasteiger partial charge in [0.2, 0.25) is 0 Å². The molecule has 2 rings (SSSR count). The standard InChI is InChI=1S/C11H15FN2O3S/c12-10-8-9(15)4-5-11(10)13-18(16,17)14-6-2-1-3-7-14/h4-5,8,13,15H,1-3,6-7H2. The molecule has 100 valence electrons. The molecule has 1 aliphatic heterocycles. The zero-order valence-corrected chi connectivity index (χ0v) is 10.6. The van der Waals surface area contributed by atoms with Gasteiger partial charge in [-0.3, -0.25) is 4.72 Å². The van der Waals surface area contributed by atoms with Gasteiger partial charge in [0, 0.05) is 19.2 Å². The van der Waals surface area contributed by atoms with Gasteiger partial charge in [-0.05, 0) is 25.0 Å². The molecular weight excluding hydrogens is 259 g/mol. The Morgan fingerprint density at radius 1 is 1.22 bits per heavy atom. The second-order valence-electron chi connectivity index (χ2n) is 4.23. The number of rotatable bonds is 3. The molecule has 0 spiro atoms. The van der Waals surface area contributed by atoms with E-state index in [-0.39, 0.29) is 11.4 Å². The molecule has 0 bridgehead atoms. The van der Waals surface area contributed by atoms with Crippen molar-refractivity contribution in [2.75, 3.05) is 17.8 Å².